The van der Waals surface area contributed by atoms with E-state index in [1.807, 2.05) is 0 Å². The Balaban J connectivity index is 1.75. The van der Waals surface area contributed by atoms with Crippen molar-refractivity contribution in [3.8, 4) is 0 Å². The summed E-state index contributed by atoms with van der Waals surface area (Å²) < 4.78 is 22.7. The van der Waals surface area contributed by atoms with Crippen LogP contribution in [0.25, 0.3) is 0 Å². The van der Waals surface area contributed by atoms with E-state index in [1.54, 1.807) is 0 Å². The van der Waals surface area contributed by atoms with E-state index in [4.69, 9.17) is 18.5 Å². The fourth-order valence-corrected chi connectivity index (χ4v) is 6.72. The highest BCUT2D eigenvalue weighted by molar-refractivity contribution is 8.41. The number of carbonyl (C=O) groups is 2. The third-order valence-electron chi connectivity index (χ3n) is 8.03. The molecule has 0 amide bonds. The number of Topliss-reactive ketones (excluding diaryl/α,β-unsaturated/α-hetero) is 1. The molecule has 2 rings (SSSR count). The summed E-state index contributed by atoms with van der Waals surface area (Å²) in [5.74, 6) is -0.288. The standard InChI is InChI=1S/C24H46O7P4/c1-4-23(2,3)24(28-16-29-24)14-13-19-18(20(26)15-21(19)30-32)12-11-17(25)9-7-5-6-8-10-22(27)31-35(33)34/h18-21,26H,4-16,32-34H2,1-3H3. The predicted octanol–water partition coefficient (Wildman–Crippen LogP) is 6.29. The first-order chi connectivity index (χ1) is 16.5. The Kier molecular flexibility index (Phi) is 14.0. The van der Waals surface area contributed by atoms with Gasteiger partial charge in [-0.15, -0.1) is 0 Å². The van der Waals surface area contributed by atoms with Gasteiger partial charge in [-0.05, 0) is 43.9 Å². The van der Waals surface area contributed by atoms with Crippen LogP contribution in [0.3, 0.4) is 0 Å². The molecule has 1 saturated carbocycles. The number of ketones is 1. The maximum absolute atomic E-state index is 12.5. The van der Waals surface area contributed by atoms with Crippen LogP contribution in [0.1, 0.15) is 97.8 Å². The molecule has 35 heavy (non-hydrogen) atoms. The molecule has 1 saturated heterocycles. The zero-order chi connectivity index (χ0) is 26.1. The van der Waals surface area contributed by atoms with E-state index >= 15 is 0 Å². The lowest BCUT2D eigenvalue weighted by Gasteiger charge is -2.52. The summed E-state index contributed by atoms with van der Waals surface area (Å²) in [6.45, 7) is 6.83. The monoisotopic (exact) mass is 570 g/mol. The minimum absolute atomic E-state index is 0.0383. The molecule has 7 nitrogen and oxygen atoms in total. The summed E-state index contributed by atoms with van der Waals surface area (Å²) >= 11 is 0. The minimum atomic E-state index is -0.808. The Morgan fingerprint density at radius 1 is 1.06 bits per heavy atom. The first-order valence-electron chi connectivity index (χ1n) is 12.9. The molecule has 204 valence electrons. The Morgan fingerprint density at radius 2 is 1.71 bits per heavy atom. The van der Waals surface area contributed by atoms with Crippen molar-refractivity contribution < 1.29 is 33.2 Å². The van der Waals surface area contributed by atoms with Crippen molar-refractivity contribution >= 4 is 46.6 Å². The van der Waals surface area contributed by atoms with Crippen molar-refractivity contribution in [2.45, 2.75) is 116 Å². The fourth-order valence-electron chi connectivity index (χ4n) is 5.37. The number of rotatable bonds is 17. The maximum atomic E-state index is 12.5. The minimum Gasteiger partial charge on any atom is -0.437 e. The van der Waals surface area contributed by atoms with Gasteiger partial charge in [0.1, 0.15) is 13.3 Å². The lowest BCUT2D eigenvalue weighted by molar-refractivity contribution is -0.439. The Labute approximate surface area is 219 Å². The summed E-state index contributed by atoms with van der Waals surface area (Å²) in [5.41, 5.74) is -0.0983. The van der Waals surface area contributed by atoms with Crippen LogP contribution >= 0.6 is 34.8 Å². The zero-order valence-electron chi connectivity index (χ0n) is 21.6. The maximum Gasteiger partial charge on any atom is 0.309 e. The average molecular weight is 571 g/mol. The molecular formula is C24H46O7P4. The molecule has 0 aromatic rings. The highest BCUT2D eigenvalue weighted by atomic mass is 32.4. The van der Waals surface area contributed by atoms with Gasteiger partial charge in [-0.2, -0.15) is 0 Å². The molecule has 1 aliphatic carbocycles. The number of aliphatic hydroxyl groups excluding tert-OH is 1. The van der Waals surface area contributed by atoms with Crippen molar-refractivity contribution in [2.75, 3.05) is 6.79 Å². The van der Waals surface area contributed by atoms with Gasteiger partial charge in [0.25, 0.3) is 0 Å². The van der Waals surface area contributed by atoms with Gasteiger partial charge in [-0.25, -0.2) is 0 Å². The molecule has 0 aromatic carbocycles. The molecule has 0 aromatic heterocycles. The second-order valence-corrected chi connectivity index (χ2v) is 16.6. The SMILES string of the molecule is CCC(C)(C)C1(CCC2C(OP)CC(O)C2CCC(=O)CCCCCCC(=O)OP(P)P)OCO1. The van der Waals surface area contributed by atoms with Gasteiger partial charge < -0.3 is 23.6 Å². The van der Waals surface area contributed by atoms with Crippen molar-refractivity contribution in [3.63, 3.8) is 0 Å². The quantitative estimate of drug-likeness (QED) is 0.162. The number of carbonyl (C=O) groups excluding carboxylic acids is 2. The van der Waals surface area contributed by atoms with Gasteiger partial charge in [0.05, 0.1) is 12.2 Å². The molecule has 0 spiro atoms. The normalized spacial score (nSPS) is 26.1. The summed E-state index contributed by atoms with van der Waals surface area (Å²) in [5, 5.41) is 10.8. The zero-order valence-corrected chi connectivity index (χ0v) is 25.9. The number of aliphatic hydroxyl groups is 1. The second-order valence-electron chi connectivity index (χ2n) is 10.6. The lowest BCUT2D eigenvalue weighted by Crippen LogP contribution is -2.57. The lowest BCUT2D eigenvalue weighted by atomic mass is 9.75. The molecule has 7 unspecified atom stereocenters. The first-order valence-corrected chi connectivity index (χ1v) is 17.9. The van der Waals surface area contributed by atoms with E-state index in [0.717, 1.165) is 44.9 Å². The molecule has 0 radical (unpaired) electrons. The summed E-state index contributed by atoms with van der Waals surface area (Å²) in [4.78, 5) is 24.1. The molecule has 2 fully saturated rings. The van der Waals surface area contributed by atoms with Crippen LogP contribution in [0.2, 0.25) is 0 Å². The van der Waals surface area contributed by atoms with Crippen molar-refractivity contribution in [2.24, 2.45) is 17.3 Å². The number of ether oxygens (including phenoxy) is 2. The Bertz CT molecular complexity index is 672. The fraction of sp³-hybridized carbons (Fsp3) is 0.917. The summed E-state index contributed by atoms with van der Waals surface area (Å²) in [6, 6.07) is 0. The van der Waals surface area contributed by atoms with Crippen LogP contribution in [0.5, 0.6) is 0 Å². The molecule has 11 heteroatoms. The molecule has 1 heterocycles. The van der Waals surface area contributed by atoms with Gasteiger partial charge in [0, 0.05) is 47.0 Å². The molecule has 7 atom stereocenters. The van der Waals surface area contributed by atoms with E-state index in [1.165, 1.54) is 0 Å². The molecule has 0 bridgehead atoms. The predicted molar refractivity (Wildman–Crippen MR) is 150 cm³/mol. The smallest absolute Gasteiger partial charge is 0.309 e. The average Bonchev–Trinajstić information content (AvgIpc) is 3.07. The summed E-state index contributed by atoms with van der Waals surface area (Å²) in [7, 11) is 6.50. The van der Waals surface area contributed by atoms with Gasteiger partial charge in [-0.3, -0.25) is 9.59 Å². The molecule has 2 aliphatic rings. The van der Waals surface area contributed by atoms with E-state index in [0.29, 0.717) is 38.9 Å². The van der Waals surface area contributed by atoms with E-state index < -0.39 is 19.4 Å². The highest BCUT2D eigenvalue weighted by Gasteiger charge is 2.53. The van der Waals surface area contributed by atoms with Gasteiger partial charge >= 0.3 is 5.97 Å². The van der Waals surface area contributed by atoms with E-state index in [2.05, 4.69) is 48.1 Å². The van der Waals surface area contributed by atoms with E-state index in [-0.39, 0.29) is 35.1 Å². The highest BCUT2D eigenvalue weighted by Crippen LogP contribution is 2.54. The topological polar surface area (TPSA) is 91.3 Å². The van der Waals surface area contributed by atoms with Crippen LogP contribution in [0.4, 0.5) is 0 Å². The van der Waals surface area contributed by atoms with Crippen molar-refractivity contribution in [1.82, 2.24) is 0 Å². The van der Waals surface area contributed by atoms with Crippen LogP contribution < -0.4 is 0 Å². The number of hydrogen-bond donors (Lipinski definition) is 1. The number of hydrogen-bond acceptors (Lipinski definition) is 7. The van der Waals surface area contributed by atoms with Crippen molar-refractivity contribution in [1.29, 1.82) is 0 Å². The van der Waals surface area contributed by atoms with Gasteiger partial charge in [0.2, 0.25) is 0 Å². The van der Waals surface area contributed by atoms with Crippen molar-refractivity contribution in [3.05, 3.63) is 0 Å². The van der Waals surface area contributed by atoms with E-state index in [9.17, 15) is 14.7 Å². The van der Waals surface area contributed by atoms with Crippen LogP contribution in [0.15, 0.2) is 0 Å². The third-order valence-corrected chi connectivity index (χ3v) is 9.42. The Morgan fingerprint density at radius 3 is 2.26 bits per heavy atom. The molecular weight excluding hydrogens is 524 g/mol. The molecule has 1 N–H and O–H groups in total. The van der Waals surface area contributed by atoms with Gasteiger partial charge in [-0.1, -0.05) is 51.5 Å². The number of unbranched alkanes of at least 4 members (excludes halogenated alkanes) is 3. The van der Waals surface area contributed by atoms with Crippen LogP contribution in [-0.2, 0) is 28.1 Å². The Hall–Kier alpha value is 0.700. The van der Waals surface area contributed by atoms with Gasteiger partial charge in [0.15, 0.2) is 12.6 Å². The largest absolute Gasteiger partial charge is 0.437 e. The summed E-state index contributed by atoms with van der Waals surface area (Å²) in [6.07, 6.45) is 8.26. The van der Waals surface area contributed by atoms with Crippen LogP contribution in [-0.4, -0.2) is 41.6 Å². The first kappa shape index (κ1) is 31.9. The van der Waals surface area contributed by atoms with Crippen LogP contribution in [0, 0.1) is 17.3 Å². The third kappa shape index (κ3) is 9.44. The molecule has 1 aliphatic heterocycles. The second kappa shape index (κ2) is 15.3.